The van der Waals surface area contributed by atoms with Crippen molar-refractivity contribution < 1.29 is 0 Å². The highest BCUT2D eigenvalue weighted by molar-refractivity contribution is 4.92. The molecule has 2 unspecified atom stereocenters. The van der Waals surface area contributed by atoms with E-state index < -0.39 is 0 Å². The summed E-state index contributed by atoms with van der Waals surface area (Å²) in [5.41, 5.74) is 0.597. The van der Waals surface area contributed by atoms with Gasteiger partial charge in [-0.1, -0.05) is 20.8 Å². The van der Waals surface area contributed by atoms with E-state index in [1.807, 2.05) is 0 Å². The molecule has 0 spiro atoms. The molecular formula is C13H25N. The number of hydrogen-bond acceptors (Lipinski definition) is 1. The van der Waals surface area contributed by atoms with Crippen LogP contribution in [0.15, 0.2) is 0 Å². The van der Waals surface area contributed by atoms with E-state index in [9.17, 15) is 0 Å². The van der Waals surface area contributed by atoms with Crippen LogP contribution in [-0.2, 0) is 0 Å². The largest absolute Gasteiger partial charge is 0.311 e. The average Bonchev–Trinajstić information content (AvgIpc) is 2.88. The molecule has 0 bridgehead atoms. The third-order valence-corrected chi connectivity index (χ3v) is 4.05. The molecule has 2 aliphatic rings. The van der Waals surface area contributed by atoms with E-state index in [0.29, 0.717) is 5.41 Å². The van der Waals surface area contributed by atoms with Gasteiger partial charge in [-0.05, 0) is 49.9 Å². The molecule has 2 aliphatic carbocycles. The van der Waals surface area contributed by atoms with Crippen molar-refractivity contribution in [2.45, 2.75) is 71.4 Å². The van der Waals surface area contributed by atoms with E-state index in [2.05, 4.69) is 26.1 Å². The lowest BCUT2D eigenvalue weighted by molar-refractivity contribution is 0.338. The van der Waals surface area contributed by atoms with Gasteiger partial charge in [0.25, 0.3) is 0 Å². The van der Waals surface area contributed by atoms with Crippen molar-refractivity contribution in [2.24, 2.45) is 11.3 Å². The lowest BCUT2D eigenvalue weighted by atomic mass is 9.91. The van der Waals surface area contributed by atoms with Crippen LogP contribution in [0.4, 0.5) is 0 Å². The summed E-state index contributed by atoms with van der Waals surface area (Å²) >= 11 is 0. The Labute approximate surface area is 88.7 Å². The maximum Gasteiger partial charge on any atom is 0.00952 e. The fourth-order valence-electron chi connectivity index (χ4n) is 2.97. The van der Waals surface area contributed by atoms with Gasteiger partial charge in [0.15, 0.2) is 0 Å². The Morgan fingerprint density at radius 2 is 2.00 bits per heavy atom. The van der Waals surface area contributed by atoms with Crippen LogP contribution in [0.3, 0.4) is 0 Å². The minimum absolute atomic E-state index is 0.597. The Morgan fingerprint density at radius 3 is 2.43 bits per heavy atom. The minimum Gasteiger partial charge on any atom is -0.311 e. The predicted molar refractivity (Wildman–Crippen MR) is 61.4 cm³/mol. The topological polar surface area (TPSA) is 12.0 Å². The van der Waals surface area contributed by atoms with Crippen LogP contribution in [-0.4, -0.2) is 12.1 Å². The fourth-order valence-corrected chi connectivity index (χ4v) is 2.97. The van der Waals surface area contributed by atoms with E-state index >= 15 is 0 Å². The van der Waals surface area contributed by atoms with Crippen molar-refractivity contribution in [3.63, 3.8) is 0 Å². The van der Waals surface area contributed by atoms with E-state index in [1.54, 1.807) is 0 Å². The molecule has 1 N–H and O–H groups in total. The first-order valence-electron chi connectivity index (χ1n) is 6.37. The number of hydrogen-bond donors (Lipinski definition) is 1. The van der Waals surface area contributed by atoms with Gasteiger partial charge >= 0.3 is 0 Å². The van der Waals surface area contributed by atoms with Gasteiger partial charge in [0.2, 0.25) is 0 Å². The second-order valence-electron chi connectivity index (χ2n) is 6.12. The summed E-state index contributed by atoms with van der Waals surface area (Å²) in [4.78, 5) is 0. The molecule has 2 atom stereocenters. The molecule has 0 aromatic rings. The fraction of sp³-hybridized carbons (Fsp3) is 1.00. The van der Waals surface area contributed by atoms with Crippen molar-refractivity contribution in [3.8, 4) is 0 Å². The van der Waals surface area contributed by atoms with E-state index in [0.717, 1.165) is 18.0 Å². The van der Waals surface area contributed by atoms with Crippen molar-refractivity contribution in [1.29, 1.82) is 0 Å². The third kappa shape index (κ3) is 2.50. The van der Waals surface area contributed by atoms with Crippen LogP contribution >= 0.6 is 0 Å². The molecule has 14 heavy (non-hydrogen) atoms. The monoisotopic (exact) mass is 195 g/mol. The van der Waals surface area contributed by atoms with Crippen molar-refractivity contribution in [1.82, 2.24) is 5.32 Å². The lowest BCUT2D eigenvalue weighted by Gasteiger charge is -2.23. The van der Waals surface area contributed by atoms with Gasteiger partial charge < -0.3 is 5.32 Å². The highest BCUT2D eigenvalue weighted by Crippen LogP contribution is 2.39. The maximum absolute atomic E-state index is 3.88. The van der Waals surface area contributed by atoms with Gasteiger partial charge in [-0.15, -0.1) is 0 Å². The molecule has 2 fully saturated rings. The Morgan fingerprint density at radius 1 is 1.29 bits per heavy atom. The molecule has 0 amide bonds. The molecule has 0 saturated heterocycles. The Hall–Kier alpha value is -0.0400. The first kappa shape index (κ1) is 10.5. The smallest absolute Gasteiger partial charge is 0.00952 e. The van der Waals surface area contributed by atoms with Gasteiger partial charge in [-0.25, -0.2) is 0 Å². The molecule has 0 aliphatic heterocycles. The molecule has 0 aromatic heterocycles. The quantitative estimate of drug-likeness (QED) is 0.725. The Kier molecular flexibility index (Phi) is 2.88. The summed E-state index contributed by atoms with van der Waals surface area (Å²) in [5.74, 6) is 1.02. The third-order valence-electron chi connectivity index (χ3n) is 4.05. The number of nitrogens with one attached hydrogen (secondary N) is 1. The van der Waals surface area contributed by atoms with Crippen LogP contribution in [0, 0.1) is 11.3 Å². The molecule has 1 nitrogen and oxygen atoms in total. The molecule has 2 rings (SSSR count). The van der Waals surface area contributed by atoms with Crippen LogP contribution in [0.1, 0.15) is 59.3 Å². The summed E-state index contributed by atoms with van der Waals surface area (Å²) in [7, 11) is 0. The van der Waals surface area contributed by atoms with Gasteiger partial charge in [0.1, 0.15) is 0 Å². The van der Waals surface area contributed by atoms with Crippen LogP contribution in [0.25, 0.3) is 0 Å². The summed E-state index contributed by atoms with van der Waals surface area (Å²) in [6.07, 6.45) is 8.46. The summed E-state index contributed by atoms with van der Waals surface area (Å²) in [6, 6.07) is 1.64. The van der Waals surface area contributed by atoms with Gasteiger partial charge in [0, 0.05) is 12.1 Å². The standard InChI is InChI=1S/C13H25N/c1-4-12(10-5-6-10)14-11-7-8-13(2,3)9-11/h10-12,14H,4-9H2,1-3H3. The molecule has 2 saturated carbocycles. The van der Waals surface area contributed by atoms with Crippen LogP contribution < -0.4 is 5.32 Å². The summed E-state index contributed by atoms with van der Waals surface area (Å²) < 4.78 is 0. The molecule has 0 radical (unpaired) electrons. The molecule has 82 valence electrons. The number of rotatable bonds is 4. The predicted octanol–water partition coefficient (Wildman–Crippen LogP) is 3.34. The van der Waals surface area contributed by atoms with Crippen molar-refractivity contribution in [3.05, 3.63) is 0 Å². The Balaban J connectivity index is 1.79. The second kappa shape index (κ2) is 3.84. The zero-order chi connectivity index (χ0) is 10.2. The van der Waals surface area contributed by atoms with Crippen molar-refractivity contribution in [2.75, 3.05) is 0 Å². The Bertz CT molecular complexity index is 193. The molecular weight excluding hydrogens is 170 g/mol. The van der Waals surface area contributed by atoms with Gasteiger partial charge in [-0.3, -0.25) is 0 Å². The second-order valence-corrected chi connectivity index (χ2v) is 6.12. The average molecular weight is 195 g/mol. The van der Waals surface area contributed by atoms with Gasteiger partial charge in [0.05, 0.1) is 0 Å². The van der Waals surface area contributed by atoms with Gasteiger partial charge in [-0.2, -0.15) is 0 Å². The zero-order valence-electron chi connectivity index (χ0n) is 9.97. The first-order chi connectivity index (χ1) is 6.61. The highest BCUT2D eigenvalue weighted by atomic mass is 15.0. The van der Waals surface area contributed by atoms with E-state index in [1.165, 1.54) is 38.5 Å². The van der Waals surface area contributed by atoms with Crippen LogP contribution in [0.5, 0.6) is 0 Å². The summed E-state index contributed by atoms with van der Waals surface area (Å²) in [5, 5.41) is 3.88. The lowest BCUT2D eigenvalue weighted by Crippen LogP contribution is -2.38. The zero-order valence-corrected chi connectivity index (χ0v) is 9.97. The molecule has 0 aromatic carbocycles. The van der Waals surface area contributed by atoms with E-state index in [4.69, 9.17) is 0 Å². The summed E-state index contributed by atoms with van der Waals surface area (Å²) in [6.45, 7) is 7.15. The highest BCUT2D eigenvalue weighted by Gasteiger charge is 2.35. The minimum atomic E-state index is 0.597. The van der Waals surface area contributed by atoms with E-state index in [-0.39, 0.29) is 0 Å². The molecule has 0 heterocycles. The first-order valence-corrected chi connectivity index (χ1v) is 6.37. The normalized spacial score (nSPS) is 33.2. The maximum atomic E-state index is 3.88. The molecule has 1 heteroatoms. The van der Waals surface area contributed by atoms with Crippen LogP contribution in [0.2, 0.25) is 0 Å². The SMILES string of the molecule is CCC(NC1CCC(C)(C)C1)C1CC1. The van der Waals surface area contributed by atoms with Crippen molar-refractivity contribution >= 4 is 0 Å².